The minimum Gasteiger partial charge on any atom is -0.457 e. The normalized spacial score (nSPS) is 12.4. The molecule has 3 nitrogen and oxygen atoms in total. The zero-order chi connectivity index (χ0) is 13.7. The van der Waals surface area contributed by atoms with Crippen molar-refractivity contribution in [1.29, 1.82) is 0 Å². The number of nitrogens with zero attached hydrogens (tertiary/aromatic N) is 1. The van der Waals surface area contributed by atoms with Crippen molar-refractivity contribution in [2.45, 2.75) is 6.04 Å². The number of rotatable bonds is 5. The van der Waals surface area contributed by atoms with Crippen LogP contribution >= 0.6 is 0 Å². The number of hydrogen-bond donors (Lipinski definition) is 1. The first-order valence-corrected chi connectivity index (χ1v) is 6.40. The predicted octanol–water partition coefficient (Wildman–Crippen LogP) is 3.04. The summed E-state index contributed by atoms with van der Waals surface area (Å²) in [5.41, 5.74) is 7.00. The quantitative estimate of drug-likeness (QED) is 0.893. The SMILES string of the molecule is CN(C)C(CN)c1ccc(Oc2ccccc2)cc1. The van der Waals surface area contributed by atoms with E-state index >= 15 is 0 Å². The summed E-state index contributed by atoms with van der Waals surface area (Å²) < 4.78 is 5.76. The van der Waals surface area contributed by atoms with Crippen LogP contribution in [0.4, 0.5) is 0 Å². The largest absolute Gasteiger partial charge is 0.457 e. The van der Waals surface area contributed by atoms with Crippen LogP contribution in [0.3, 0.4) is 0 Å². The highest BCUT2D eigenvalue weighted by molar-refractivity contribution is 5.34. The van der Waals surface area contributed by atoms with Gasteiger partial charge in [-0.05, 0) is 43.9 Å². The summed E-state index contributed by atoms with van der Waals surface area (Å²) in [5, 5.41) is 0. The highest BCUT2D eigenvalue weighted by Crippen LogP contribution is 2.24. The van der Waals surface area contributed by atoms with Crippen molar-refractivity contribution in [3.05, 3.63) is 60.2 Å². The average molecular weight is 256 g/mol. The molecule has 0 saturated carbocycles. The van der Waals surface area contributed by atoms with Gasteiger partial charge in [0, 0.05) is 12.6 Å². The maximum absolute atomic E-state index is 5.79. The molecular formula is C16H20N2O. The second kappa shape index (κ2) is 6.36. The average Bonchev–Trinajstić information content (AvgIpc) is 2.42. The van der Waals surface area contributed by atoms with Gasteiger partial charge in [0.15, 0.2) is 0 Å². The Bertz CT molecular complexity index is 494. The van der Waals surface area contributed by atoms with E-state index in [0.29, 0.717) is 6.54 Å². The van der Waals surface area contributed by atoms with Crippen molar-refractivity contribution in [1.82, 2.24) is 4.90 Å². The van der Waals surface area contributed by atoms with Gasteiger partial charge in [0.25, 0.3) is 0 Å². The van der Waals surface area contributed by atoms with Crippen molar-refractivity contribution in [3.8, 4) is 11.5 Å². The van der Waals surface area contributed by atoms with Gasteiger partial charge in [-0.3, -0.25) is 0 Å². The Morgan fingerprint density at radius 3 is 2.05 bits per heavy atom. The number of hydrogen-bond acceptors (Lipinski definition) is 3. The smallest absolute Gasteiger partial charge is 0.127 e. The van der Waals surface area contributed by atoms with Crippen LogP contribution in [-0.4, -0.2) is 25.5 Å². The Kier molecular flexibility index (Phi) is 4.55. The summed E-state index contributed by atoms with van der Waals surface area (Å²) in [4.78, 5) is 2.12. The number of nitrogens with two attached hydrogens (primary N) is 1. The third kappa shape index (κ3) is 3.56. The summed E-state index contributed by atoms with van der Waals surface area (Å²) >= 11 is 0. The van der Waals surface area contributed by atoms with E-state index in [0.717, 1.165) is 11.5 Å². The lowest BCUT2D eigenvalue weighted by atomic mass is 10.1. The molecule has 0 heterocycles. The Morgan fingerprint density at radius 2 is 1.53 bits per heavy atom. The second-order valence-corrected chi connectivity index (χ2v) is 4.70. The maximum Gasteiger partial charge on any atom is 0.127 e. The molecule has 0 aliphatic heterocycles. The summed E-state index contributed by atoms with van der Waals surface area (Å²) in [6.45, 7) is 0.603. The van der Waals surface area contributed by atoms with E-state index in [2.05, 4.69) is 17.0 Å². The monoisotopic (exact) mass is 256 g/mol. The van der Waals surface area contributed by atoms with E-state index < -0.39 is 0 Å². The maximum atomic E-state index is 5.79. The van der Waals surface area contributed by atoms with Crippen molar-refractivity contribution in [2.75, 3.05) is 20.6 Å². The van der Waals surface area contributed by atoms with Gasteiger partial charge in [-0.15, -0.1) is 0 Å². The van der Waals surface area contributed by atoms with E-state index in [4.69, 9.17) is 10.5 Å². The minimum atomic E-state index is 0.241. The minimum absolute atomic E-state index is 0.241. The van der Waals surface area contributed by atoms with Gasteiger partial charge in [0.05, 0.1) is 0 Å². The molecular weight excluding hydrogens is 236 g/mol. The van der Waals surface area contributed by atoms with Crippen LogP contribution in [0.5, 0.6) is 11.5 Å². The first-order chi connectivity index (χ1) is 9.20. The summed E-state index contributed by atoms with van der Waals surface area (Å²) in [6.07, 6.45) is 0. The Morgan fingerprint density at radius 1 is 0.947 bits per heavy atom. The van der Waals surface area contributed by atoms with Crippen LogP contribution < -0.4 is 10.5 Å². The van der Waals surface area contributed by atoms with Crippen molar-refractivity contribution in [2.24, 2.45) is 5.73 Å². The van der Waals surface area contributed by atoms with Crippen molar-refractivity contribution >= 4 is 0 Å². The third-order valence-corrected chi connectivity index (χ3v) is 3.09. The molecule has 0 amide bonds. The lowest BCUT2D eigenvalue weighted by Gasteiger charge is -2.23. The molecule has 2 rings (SSSR count). The molecule has 2 N–H and O–H groups in total. The molecule has 100 valence electrons. The van der Waals surface area contributed by atoms with Crippen molar-refractivity contribution < 1.29 is 4.74 Å². The van der Waals surface area contributed by atoms with E-state index in [9.17, 15) is 0 Å². The van der Waals surface area contributed by atoms with E-state index in [1.165, 1.54) is 5.56 Å². The Balaban J connectivity index is 2.10. The molecule has 3 heteroatoms. The molecule has 0 bridgehead atoms. The van der Waals surface area contributed by atoms with E-state index in [1.807, 2.05) is 56.6 Å². The predicted molar refractivity (Wildman–Crippen MR) is 78.4 cm³/mol. The molecule has 0 spiro atoms. The van der Waals surface area contributed by atoms with E-state index in [-0.39, 0.29) is 6.04 Å². The highest BCUT2D eigenvalue weighted by Gasteiger charge is 2.11. The summed E-state index contributed by atoms with van der Waals surface area (Å²) in [5.74, 6) is 1.68. The van der Waals surface area contributed by atoms with Crippen LogP contribution in [0, 0.1) is 0 Å². The van der Waals surface area contributed by atoms with Crippen LogP contribution in [-0.2, 0) is 0 Å². The zero-order valence-corrected chi connectivity index (χ0v) is 11.4. The third-order valence-electron chi connectivity index (χ3n) is 3.09. The van der Waals surface area contributed by atoms with Gasteiger partial charge >= 0.3 is 0 Å². The summed E-state index contributed by atoms with van der Waals surface area (Å²) in [7, 11) is 4.07. The molecule has 1 unspecified atom stereocenters. The van der Waals surface area contributed by atoms with Gasteiger partial charge in [-0.25, -0.2) is 0 Å². The Labute approximate surface area is 114 Å². The number of ether oxygens (including phenoxy) is 1. The van der Waals surface area contributed by atoms with Crippen LogP contribution in [0.1, 0.15) is 11.6 Å². The summed E-state index contributed by atoms with van der Waals surface area (Å²) in [6, 6.07) is 18.1. The van der Waals surface area contributed by atoms with Crippen LogP contribution in [0.2, 0.25) is 0 Å². The first kappa shape index (κ1) is 13.6. The van der Waals surface area contributed by atoms with E-state index in [1.54, 1.807) is 0 Å². The topological polar surface area (TPSA) is 38.5 Å². The zero-order valence-electron chi connectivity index (χ0n) is 11.4. The molecule has 0 fully saturated rings. The number of para-hydroxylation sites is 1. The fourth-order valence-corrected chi connectivity index (χ4v) is 2.03. The number of benzene rings is 2. The Hall–Kier alpha value is -1.84. The van der Waals surface area contributed by atoms with Gasteiger partial charge in [-0.1, -0.05) is 30.3 Å². The molecule has 0 aliphatic rings. The highest BCUT2D eigenvalue weighted by atomic mass is 16.5. The lowest BCUT2D eigenvalue weighted by molar-refractivity contribution is 0.306. The molecule has 2 aromatic rings. The molecule has 0 radical (unpaired) electrons. The van der Waals surface area contributed by atoms with Crippen LogP contribution in [0.15, 0.2) is 54.6 Å². The standard InChI is InChI=1S/C16H20N2O/c1-18(2)16(12-17)13-8-10-15(11-9-13)19-14-6-4-3-5-7-14/h3-11,16H,12,17H2,1-2H3. The molecule has 19 heavy (non-hydrogen) atoms. The fraction of sp³-hybridized carbons (Fsp3) is 0.250. The van der Waals surface area contributed by atoms with Gasteiger partial charge in [0.1, 0.15) is 11.5 Å². The molecule has 2 aromatic carbocycles. The molecule has 0 aromatic heterocycles. The number of likely N-dealkylation sites (N-methyl/N-ethyl adjacent to an activating group) is 1. The molecule has 0 saturated heterocycles. The van der Waals surface area contributed by atoms with Gasteiger partial charge in [0.2, 0.25) is 0 Å². The van der Waals surface area contributed by atoms with Gasteiger partial charge in [-0.2, -0.15) is 0 Å². The second-order valence-electron chi connectivity index (χ2n) is 4.70. The fourth-order valence-electron chi connectivity index (χ4n) is 2.03. The first-order valence-electron chi connectivity index (χ1n) is 6.40. The van der Waals surface area contributed by atoms with Crippen LogP contribution in [0.25, 0.3) is 0 Å². The lowest BCUT2D eigenvalue weighted by Crippen LogP contribution is -2.27. The van der Waals surface area contributed by atoms with Crippen molar-refractivity contribution in [3.63, 3.8) is 0 Å². The molecule has 0 aliphatic carbocycles. The molecule has 1 atom stereocenters. The van der Waals surface area contributed by atoms with Gasteiger partial charge < -0.3 is 15.4 Å².